The van der Waals surface area contributed by atoms with Crippen LogP contribution in [-0.4, -0.2) is 22.6 Å². The number of fused-ring (bicyclic) bond motifs is 4. The molecule has 3 heterocycles. The van der Waals surface area contributed by atoms with Crippen LogP contribution in [0.2, 0.25) is 19.6 Å². The maximum absolute atomic E-state index is 8.60. The van der Waals surface area contributed by atoms with Gasteiger partial charge in [0.2, 0.25) is 0 Å². The predicted octanol–water partition coefficient (Wildman–Crippen LogP) is 14.9. The molecule has 9 aromatic rings. The van der Waals surface area contributed by atoms with Crippen molar-refractivity contribution in [3.63, 3.8) is 0 Å². The monoisotopic (exact) mass is 1020 g/mol. The van der Waals surface area contributed by atoms with E-state index in [0.29, 0.717) is 28.7 Å². The van der Waals surface area contributed by atoms with Gasteiger partial charge < -0.3 is 14.0 Å². The number of furan rings is 1. The summed E-state index contributed by atoms with van der Waals surface area (Å²) in [6.45, 7) is 16.6. The molecule has 3 aromatic heterocycles. The molecule has 9 rings (SSSR count). The molecule has 6 aromatic carbocycles. The third-order valence-electron chi connectivity index (χ3n) is 11.0. The molecule has 0 N–H and O–H groups in total. The van der Waals surface area contributed by atoms with Crippen molar-refractivity contribution in [2.24, 2.45) is 5.92 Å². The largest absolute Gasteiger partial charge is 0.500 e. The minimum Gasteiger partial charge on any atom is -0.500 e. The average Bonchev–Trinajstić information content (AvgIpc) is 3.86. The molecule has 6 heteroatoms. The predicted molar refractivity (Wildman–Crippen MR) is 261 cm³/mol. The molecular weight excluding hydrogens is 951 g/mol. The number of benzene rings is 6. The van der Waals surface area contributed by atoms with Gasteiger partial charge >= 0.3 is 0 Å². The fourth-order valence-electron chi connectivity index (χ4n) is 7.96. The maximum atomic E-state index is 8.60. The summed E-state index contributed by atoms with van der Waals surface area (Å²) in [5.41, 5.74) is 12.0. The number of hydrogen-bond donors (Lipinski definition) is 0. The second-order valence-corrected chi connectivity index (χ2v) is 22.7. The number of imidazole rings is 1. The Labute approximate surface area is 392 Å². The Morgan fingerprint density at radius 2 is 1.45 bits per heavy atom. The van der Waals surface area contributed by atoms with E-state index >= 15 is 0 Å². The fraction of sp³-hybridized carbons (Fsp3) is 0.250. The van der Waals surface area contributed by atoms with Crippen LogP contribution in [0.15, 0.2) is 138 Å². The minimum absolute atomic E-state index is 0. The van der Waals surface area contributed by atoms with E-state index in [1.54, 1.807) is 12.3 Å². The first kappa shape index (κ1) is 36.1. The molecule has 0 atom stereocenters. The zero-order valence-electron chi connectivity index (χ0n) is 43.9. The Morgan fingerprint density at radius 3 is 2.13 bits per heavy atom. The fourth-order valence-corrected chi connectivity index (χ4v) is 9.37. The van der Waals surface area contributed by atoms with Gasteiger partial charge in [0.1, 0.15) is 5.58 Å². The van der Waals surface area contributed by atoms with Crippen molar-refractivity contribution in [2.75, 3.05) is 0 Å². The molecule has 0 unspecified atom stereocenters. The van der Waals surface area contributed by atoms with Crippen LogP contribution in [-0.2, 0) is 26.5 Å². The van der Waals surface area contributed by atoms with Gasteiger partial charge in [0.15, 0.2) is 0 Å². The van der Waals surface area contributed by atoms with Crippen LogP contribution < -0.4 is 5.19 Å². The molecule has 4 nitrogen and oxygen atoms in total. The first-order valence-corrected chi connectivity index (χ1v) is 24.7. The number of pyridine rings is 1. The number of hydrogen-bond acceptors (Lipinski definition) is 3. The summed E-state index contributed by atoms with van der Waals surface area (Å²) in [5.74, 6) is 1.27. The minimum atomic E-state index is -2.56. The van der Waals surface area contributed by atoms with E-state index in [0.717, 1.165) is 49.5 Å². The van der Waals surface area contributed by atoms with Crippen molar-refractivity contribution >= 4 is 46.2 Å². The standard InChI is InChI=1S/C37H31N2O.C19H26NSi.Ir/c1-23(2)29-21-27(25-12-6-5-7-13-25)22-30(24(3)4)36(29)39-33-16-10-9-15-32(33)38-37(39)26-18-19-35-31(20-26)28-14-8-11-17-34(28)40-35;1-14(2)11-17-12-18(16-9-7-15(3)8-10-16)20-13-19(17)21(4,5)6;/h5-17,19-24H,1-4H3;7-9,12-14H,11H2,1-6H3;/q2*-1;/i;3D3,7D,8D,11D2;. The van der Waals surface area contributed by atoms with E-state index in [1.165, 1.54) is 34.0 Å². The first-order valence-electron chi connectivity index (χ1n) is 24.7. The van der Waals surface area contributed by atoms with E-state index < -0.39 is 21.3 Å². The van der Waals surface area contributed by atoms with Gasteiger partial charge in [-0.3, -0.25) is 4.98 Å². The van der Waals surface area contributed by atoms with E-state index in [-0.39, 0.29) is 43.7 Å². The third-order valence-corrected chi connectivity index (χ3v) is 13.0. The molecule has 62 heavy (non-hydrogen) atoms. The topological polar surface area (TPSA) is 43.9 Å². The molecule has 0 saturated carbocycles. The molecule has 1 radical (unpaired) electrons. The maximum Gasteiger partial charge on any atom is 0.120 e. The normalized spacial score (nSPS) is 13.8. The molecule has 0 amide bonds. The molecule has 0 aliphatic carbocycles. The molecule has 0 saturated heterocycles. The molecule has 0 fully saturated rings. The van der Waals surface area contributed by atoms with Crippen molar-refractivity contribution < 1.29 is 34.1 Å². The number of rotatable bonds is 9. The van der Waals surface area contributed by atoms with Gasteiger partial charge in [-0.15, -0.1) is 59.1 Å². The first-order chi connectivity index (χ1) is 32.1. The second kappa shape index (κ2) is 18.5. The van der Waals surface area contributed by atoms with Crippen molar-refractivity contribution in [1.29, 1.82) is 0 Å². The Hall–Kier alpha value is -5.39. The van der Waals surface area contributed by atoms with Gasteiger partial charge in [0, 0.05) is 47.0 Å². The van der Waals surface area contributed by atoms with E-state index in [2.05, 4.69) is 154 Å². The summed E-state index contributed by atoms with van der Waals surface area (Å²) in [4.78, 5) is 9.67. The summed E-state index contributed by atoms with van der Waals surface area (Å²) in [6.07, 6.45) is 0.120. The summed E-state index contributed by atoms with van der Waals surface area (Å²) >= 11 is 0. The van der Waals surface area contributed by atoms with Crippen molar-refractivity contribution in [3.8, 4) is 39.5 Å². The van der Waals surface area contributed by atoms with Crippen LogP contribution in [0.3, 0.4) is 0 Å². The van der Waals surface area contributed by atoms with E-state index in [1.807, 2.05) is 32.0 Å². The Morgan fingerprint density at radius 1 is 0.758 bits per heavy atom. The van der Waals surface area contributed by atoms with Crippen LogP contribution >= 0.6 is 0 Å². The van der Waals surface area contributed by atoms with Gasteiger partial charge in [-0.1, -0.05) is 146 Å². The summed E-state index contributed by atoms with van der Waals surface area (Å²) in [7, 11) is -1.87. The van der Waals surface area contributed by atoms with Crippen molar-refractivity contribution in [1.82, 2.24) is 14.5 Å². The quantitative estimate of drug-likeness (QED) is 0.107. The number of aromatic nitrogens is 3. The van der Waals surface area contributed by atoms with Gasteiger partial charge in [0.25, 0.3) is 0 Å². The van der Waals surface area contributed by atoms with Gasteiger partial charge in [-0.25, -0.2) is 0 Å². The van der Waals surface area contributed by atoms with Crippen LogP contribution in [0.25, 0.3) is 72.4 Å². The summed E-state index contributed by atoms with van der Waals surface area (Å²) < 4.78 is 64.3. The molecular formula is C56H57IrN3OSi-2. The summed E-state index contributed by atoms with van der Waals surface area (Å²) in [6, 6.07) is 44.8. The average molecular weight is 1020 g/mol. The molecule has 0 bridgehead atoms. The van der Waals surface area contributed by atoms with Crippen LogP contribution in [0.4, 0.5) is 0 Å². The van der Waals surface area contributed by atoms with E-state index in [4.69, 9.17) is 19.0 Å². The Kier molecular flexibility index (Phi) is 10.8. The van der Waals surface area contributed by atoms with E-state index in [9.17, 15) is 0 Å². The van der Waals surface area contributed by atoms with Crippen molar-refractivity contribution in [3.05, 3.63) is 168 Å². The zero-order valence-corrected chi connectivity index (χ0v) is 40.3. The van der Waals surface area contributed by atoms with Crippen LogP contribution in [0.5, 0.6) is 0 Å². The smallest absolute Gasteiger partial charge is 0.120 e. The molecule has 317 valence electrons. The second-order valence-electron chi connectivity index (χ2n) is 17.7. The van der Waals surface area contributed by atoms with Crippen LogP contribution in [0, 0.1) is 24.9 Å². The molecule has 0 aliphatic heterocycles. The SMILES string of the molecule is CC(C)c1cc(-c2ccccc2)cc(C(C)C)c1-n1c(-c2[c-]cc3oc4ccccc4c3c2)nc2ccccc21.[2H]c1[c-]c(-c2cc(C([2H])([2H])C(C)C)c([Si](C)(C)C)cn2)cc([2H])c1C([2H])([2H])[2H].[Ir]. The Bertz CT molecular complexity index is 3260. The van der Waals surface area contributed by atoms with Gasteiger partial charge in [0.05, 0.1) is 30.5 Å². The third kappa shape index (κ3) is 9.20. The van der Waals surface area contributed by atoms with Crippen LogP contribution in [0.1, 0.15) is 85.2 Å². The summed E-state index contributed by atoms with van der Waals surface area (Å²) in [5, 5.41) is 3.11. The number of para-hydroxylation sites is 3. The Balaban J connectivity index is 0.000000215. The molecule has 0 aliphatic rings. The van der Waals surface area contributed by atoms with Gasteiger partial charge in [-0.2, -0.15) is 0 Å². The molecule has 0 spiro atoms. The zero-order chi connectivity index (χ0) is 49.0. The number of nitrogens with zero attached hydrogens (tertiary/aromatic N) is 3. The van der Waals surface area contributed by atoms with Crippen molar-refractivity contribution in [2.45, 2.75) is 86.2 Å². The van der Waals surface area contributed by atoms with Gasteiger partial charge in [-0.05, 0) is 87.6 Å².